The van der Waals surface area contributed by atoms with Crippen molar-refractivity contribution in [1.29, 1.82) is 0 Å². The smallest absolute Gasteiger partial charge is 0.331 e. The number of ether oxygens (including phenoxy) is 1. The van der Waals surface area contributed by atoms with E-state index in [1.54, 1.807) is 13.1 Å². The minimum atomic E-state index is -3.08. The Balaban J connectivity index is 1.92. The molecule has 0 unspecified atom stereocenters. The van der Waals surface area contributed by atoms with Gasteiger partial charge < -0.3 is 9.64 Å². The van der Waals surface area contributed by atoms with Crippen LogP contribution in [0.1, 0.15) is 24.5 Å². The molecule has 0 saturated carbocycles. The minimum Gasteiger partial charge on any atom is -0.449 e. The van der Waals surface area contributed by atoms with Crippen LogP contribution in [0.25, 0.3) is 6.08 Å². The molecule has 1 aliphatic heterocycles. The molecule has 0 aromatic heterocycles. The van der Waals surface area contributed by atoms with Crippen LogP contribution in [0.15, 0.2) is 30.3 Å². The number of sulfone groups is 1. The first-order valence-corrected chi connectivity index (χ1v) is 9.93. The molecule has 25 heavy (non-hydrogen) atoms. The van der Waals surface area contributed by atoms with Crippen molar-refractivity contribution in [1.82, 2.24) is 4.90 Å². The van der Waals surface area contributed by atoms with E-state index >= 15 is 0 Å². The second-order valence-corrected chi connectivity index (χ2v) is 8.50. The maximum Gasteiger partial charge on any atom is 0.331 e. The van der Waals surface area contributed by atoms with Crippen molar-refractivity contribution in [3.63, 3.8) is 0 Å². The standard InChI is InChI=1S/C18H23NO5S/c1-13-6-4-5-7-15(13)8-9-17(20)24-14(2)18(21)19(3)16-10-11-25(22,23)12-16/h4-9,14,16H,10-12H2,1-3H3/b9-8+/t14-,16-/m0/s1. The summed E-state index contributed by atoms with van der Waals surface area (Å²) in [7, 11) is -1.54. The van der Waals surface area contributed by atoms with Crippen LogP contribution in [-0.2, 0) is 24.2 Å². The van der Waals surface area contributed by atoms with Crippen LogP contribution in [0.4, 0.5) is 0 Å². The Labute approximate surface area is 148 Å². The van der Waals surface area contributed by atoms with Gasteiger partial charge in [-0.1, -0.05) is 24.3 Å². The molecule has 1 aromatic carbocycles. The van der Waals surface area contributed by atoms with Crippen LogP contribution in [0.3, 0.4) is 0 Å². The lowest BCUT2D eigenvalue weighted by molar-refractivity contribution is -0.155. The molecule has 6 nitrogen and oxygen atoms in total. The summed E-state index contributed by atoms with van der Waals surface area (Å²) in [5.41, 5.74) is 1.92. The molecule has 2 atom stereocenters. The Hall–Kier alpha value is -2.15. The Kier molecular flexibility index (Phi) is 6.00. The van der Waals surface area contributed by atoms with Crippen LogP contribution in [0, 0.1) is 6.92 Å². The fourth-order valence-corrected chi connectivity index (χ4v) is 4.52. The third kappa shape index (κ3) is 5.16. The van der Waals surface area contributed by atoms with Gasteiger partial charge in [-0.05, 0) is 37.5 Å². The molecule has 0 spiro atoms. The zero-order valence-corrected chi connectivity index (χ0v) is 15.5. The minimum absolute atomic E-state index is 0.0386. The highest BCUT2D eigenvalue weighted by Crippen LogP contribution is 2.17. The lowest BCUT2D eigenvalue weighted by Gasteiger charge is -2.26. The fraction of sp³-hybridized carbons (Fsp3) is 0.444. The maximum atomic E-state index is 12.3. The van der Waals surface area contributed by atoms with Gasteiger partial charge in [0.05, 0.1) is 11.5 Å². The monoisotopic (exact) mass is 365 g/mol. The summed E-state index contributed by atoms with van der Waals surface area (Å²) in [6.07, 6.45) is 2.37. The molecule has 0 bridgehead atoms. The number of hydrogen-bond acceptors (Lipinski definition) is 5. The Morgan fingerprint density at radius 2 is 2.00 bits per heavy atom. The Morgan fingerprint density at radius 3 is 2.60 bits per heavy atom. The van der Waals surface area contributed by atoms with Gasteiger partial charge in [0.1, 0.15) is 0 Å². The highest BCUT2D eigenvalue weighted by molar-refractivity contribution is 7.91. The molecule has 1 amide bonds. The Morgan fingerprint density at radius 1 is 1.32 bits per heavy atom. The van der Waals surface area contributed by atoms with Crippen molar-refractivity contribution < 1.29 is 22.7 Å². The highest BCUT2D eigenvalue weighted by atomic mass is 32.2. The van der Waals surface area contributed by atoms with Crippen LogP contribution < -0.4 is 0 Å². The van der Waals surface area contributed by atoms with Crippen LogP contribution >= 0.6 is 0 Å². The van der Waals surface area contributed by atoms with Gasteiger partial charge in [0, 0.05) is 19.2 Å². The summed E-state index contributed by atoms with van der Waals surface area (Å²) < 4.78 is 28.2. The van der Waals surface area contributed by atoms with Gasteiger partial charge in [0.2, 0.25) is 0 Å². The molecule has 0 aliphatic carbocycles. The zero-order valence-electron chi connectivity index (χ0n) is 14.6. The number of aryl methyl sites for hydroxylation is 1. The van der Waals surface area contributed by atoms with E-state index in [1.807, 2.05) is 31.2 Å². The van der Waals surface area contributed by atoms with E-state index in [-0.39, 0.29) is 17.5 Å². The van der Waals surface area contributed by atoms with Crippen molar-refractivity contribution in [2.75, 3.05) is 18.6 Å². The number of benzene rings is 1. The normalized spacial score (nSPS) is 20.4. The number of amides is 1. The van der Waals surface area contributed by atoms with Crippen LogP contribution in [0.2, 0.25) is 0 Å². The molecule has 1 fully saturated rings. The summed E-state index contributed by atoms with van der Waals surface area (Å²) in [6.45, 7) is 3.42. The van der Waals surface area contributed by atoms with E-state index in [4.69, 9.17) is 4.74 Å². The van der Waals surface area contributed by atoms with E-state index in [2.05, 4.69) is 0 Å². The van der Waals surface area contributed by atoms with Gasteiger partial charge in [-0.3, -0.25) is 4.79 Å². The quantitative estimate of drug-likeness (QED) is 0.585. The van der Waals surface area contributed by atoms with E-state index in [1.165, 1.54) is 17.9 Å². The third-order valence-electron chi connectivity index (χ3n) is 4.33. The lowest BCUT2D eigenvalue weighted by Crippen LogP contribution is -2.44. The zero-order chi connectivity index (χ0) is 18.6. The molecule has 0 radical (unpaired) electrons. The molecule has 1 saturated heterocycles. The predicted octanol–water partition coefficient (Wildman–Crippen LogP) is 1.59. The van der Waals surface area contributed by atoms with E-state index < -0.39 is 27.8 Å². The average molecular weight is 365 g/mol. The molecule has 1 aromatic rings. The molecule has 7 heteroatoms. The van der Waals surface area contributed by atoms with Gasteiger partial charge in [0.25, 0.3) is 5.91 Å². The van der Waals surface area contributed by atoms with Gasteiger partial charge in [-0.15, -0.1) is 0 Å². The summed E-state index contributed by atoms with van der Waals surface area (Å²) in [5.74, 6) is -0.970. The maximum absolute atomic E-state index is 12.3. The number of rotatable bonds is 5. The number of hydrogen-bond donors (Lipinski definition) is 0. The molecule has 136 valence electrons. The van der Waals surface area contributed by atoms with Crippen molar-refractivity contribution in [2.24, 2.45) is 0 Å². The summed E-state index contributed by atoms with van der Waals surface area (Å²) >= 11 is 0. The largest absolute Gasteiger partial charge is 0.449 e. The molecular weight excluding hydrogens is 342 g/mol. The molecular formula is C18H23NO5S. The second-order valence-electron chi connectivity index (χ2n) is 6.28. The fourth-order valence-electron chi connectivity index (χ4n) is 2.74. The van der Waals surface area contributed by atoms with Crippen LogP contribution in [0.5, 0.6) is 0 Å². The van der Waals surface area contributed by atoms with E-state index in [9.17, 15) is 18.0 Å². The summed E-state index contributed by atoms with van der Waals surface area (Å²) in [4.78, 5) is 25.6. The van der Waals surface area contributed by atoms with Gasteiger partial charge in [-0.2, -0.15) is 0 Å². The van der Waals surface area contributed by atoms with Gasteiger partial charge >= 0.3 is 5.97 Å². The van der Waals surface area contributed by atoms with Crippen molar-refractivity contribution in [2.45, 2.75) is 32.4 Å². The number of likely N-dealkylation sites (N-methyl/N-ethyl adjacent to an activating group) is 1. The van der Waals surface area contributed by atoms with Crippen molar-refractivity contribution in [3.8, 4) is 0 Å². The number of esters is 1. The first-order valence-electron chi connectivity index (χ1n) is 8.11. The summed E-state index contributed by atoms with van der Waals surface area (Å²) in [6, 6.07) is 7.23. The topological polar surface area (TPSA) is 80.8 Å². The molecule has 0 N–H and O–H groups in total. The third-order valence-corrected chi connectivity index (χ3v) is 6.08. The predicted molar refractivity (Wildman–Crippen MR) is 95.6 cm³/mol. The second kappa shape index (κ2) is 7.82. The van der Waals surface area contributed by atoms with E-state index in [0.29, 0.717) is 6.42 Å². The lowest BCUT2D eigenvalue weighted by atomic mass is 10.1. The highest BCUT2D eigenvalue weighted by Gasteiger charge is 2.34. The van der Waals surface area contributed by atoms with Crippen molar-refractivity contribution in [3.05, 3.63) is 41.5 Å². The van der Waals surface area contributed by atoms with Gasteiger partial charge in [-0.25, -0.2) is 13.2 Å². The average Bonchev–Trinajstić information content (AvgIpc) is 2.92. The number of carbonyl (C=O) groups excluding carboxylic acids is 2. The number of nitrogens with zero attached hydrogens (tertiary/aromatic N) is 1. The van der Waals surface area contributed by atoms with E-state index in [0.717, 1.165) is 11.1 Å². The van der Waals surface area contributed by atoms with Crippen molar-refractivity contribution >= 4 is 27.8 Å². The molecule has 1 heterocycles. The number of carbonyl (C=O) groups is 2. The first kappa shape index (κ1) is 19.2. The van der Waals surface area contributed by atoms with Gasteiger partial charge in [0.15, 0.2) is 15.9 Å². The SMILES string of the molecule is Cc1ccccc1/C=C/C(=O)O[C@@H](C)C(=O)N(C)[C@H]1CCS(=O)(=O)C1. The first-order chi connectivity index (χ1) is 11.7. The molecule has 2 rings (SSSR count). The Bertz CT molecular complexity index is 784. The van der Waals surface area contributed by atoms with Crippen LogP contribution in [-0.4, -0.2) is 55.9 Å². The summed E-state index contributed by atoms with van der Waals surface area (Å²) in [5, 5.41) is 0. The molecule has 1 aliphatic rings.